The number of carboxylic acid groups (broad SMARTS) is 1. The highest BCUT2D eigenvalue weighted by molar-refractivity contribution is 6.02. The molecule has 0 heterocycles. The van der Waals surface area contributed by atoms with Gasteiger partial charge in [0.05, 0.1) is 6.42 Å². The van der Waals surface area contributed by atoms with Gasteiger partial charge in [0, 0.05) is 19.2 Å². The molecule has 2 N–H and O–H groups in total. The Morgan fingerprint density at radius 2 is 1.74 bits per heavy atom. The number of hydrogen-bond donors (Lipinski definition) is 2. The van der Waals surface area contributed by atoms with Crippen molar-refractivity contribution in [2.24, 2.45) is 0 Å². The van der Waals surface area contributed by atoms with E-state index in [0.29, 0.717) is 5.69 Å². The Balaban J connectivity index is 2.55. The molecule has 102 valence electrons. The minimum absolute atomic E-state index is 0.219. The molecule has 1 rings (SSSR count). The molecule has 0 saturated carbocycles. The SMILES string of the molecule is Cc1ccc(N(C)C(=O)NC(=O)CCC(=O)O)cc1. The topological polar surface area (TPSA) is 86.7 Å². The number of aryl methyl sites for hydroxylation is 1. The van der Waals surface area contributed by atoms with E-state index in [4.69, 9.17) is 5.11 Å². The van der Waals surface area contributed by atoms with Crippen molar-refractivity contribution >= 4 is 23.6 Å². The van der Waals surface area contributed by atoms with Crippen LogP contribution in [0, 0.1) is 6.92 Å². The van der Waals surface area contributed by atoms with Crippen LogP contribution in [0.4, 0.5) is 10.5 Å². The van der Waals surface area contributed by atoms with Gasteiger partial charge in [0.2, 0.25) is 5.91 Å². The maximum atomic E-state index is 11.7. The number of carbonyl (C=O) groups is 3. The summed E-state index contributed by atoms with van der Waals surface area (Å²) in [5.74, 6) is -1.68. The molecule has 6 nitrogen and oxygen atoms in total. The summed E-state index contributed by atoms with van der Waals surface area (Å²) in [6.07, 6.45) is -0.518. The average molecular weight is 264 g/mol. The Bertz CT molecular complexity index is 482. The third-order valence-corrected chi connectivity index (χ3v) is 2.54. The molecule has 0 spiro atoms. The molecule has 0 saturated heterocycles. The summed E-state index contributed by atoms with van der Waals surface area (Å²) in [7, 11) is 1.53. The van der Waals surface area contributed by atoms with Crippen molar-refractivity contribution in [1.82, 2.24) is 5.32 Å². The normalized spacial score (nSPS) is 9.79. The fourth-order valence-corrected chi connectivity index (χ4v) is 1.37. The van der Waals surface area contributed by atoms with Gasteiger partial charge >= 0.3 is 12.0 Å². The van der Waals surface area contributed by atoms with Crippen LogP contribution in [0.1, 0.15) is 18.4 Å². The van der Waals surface area contributed by atoms with Gasteiger partial charge in [0.1, 0.15) is 0 Å². The number of urea groups is 1. The third kappa shape index (κ3) is 4.79. The highest BCUT2D eigenvalue weighted by atomic mass is 16.4. The molecular weight excluding hydrogens is 248 g/mol. The number of anilines is 1. The van der Waals surface area contributed by atoms with Crippen LogP contribution >= 0.6 is 0 Å². The highest BCUT2D eigenvalue weighted by Gasteiger charge is 2.14. The van der Waals surface area contributed by atoms with Crippen LogP contribution in [0.15, 0.2) is 24.3 Å². The predicted octanol–water partition coefficient (Wildman–Crippen LogP) is 1.53. The summed E-state index contributed by atoms with van der Waals surface area (Å²) in [5, 5.41) is 10.6. The number of carbonyl (C=O) groups excluding carboxylic acids is 2. The van der Waals surface area contributed by atoms with Crippen molar-refractivity contribution in [3.05, 3.63) is 29.8 Å². The molecule has 0 bridgehead atoms. The van der Waals surface area contributed by atoms with Gasteiger partial charge in [-0.15, -0.1) is 0 Å². The minimum atomic E-state index is -1.07. The van der Waals surface area contributed by atoms with Gasteiger partial charge in [-0.05, 0) is 19.1 Å². The smallest absolute Gasteiger partial charge is 0.328 e. The van der Waals surface area contributed by atoms with E-state index < -0.39 is 17.9 Å². The zero-order chi connectivity index (χ0) is 14.4. The number of nitrogens with one attached hydrogen (secondary N) is 1. The molecule has 19 heavy (non-hydrogen) atoms. The lowest BCUT2D eigenvalue weighted by molar-refractivity contribution is -0.138. The van der Waals surface area contributed by atoms with Crippen LogP contribution in [-0.4, -0.2) is 30.1 Å². The first-order valence-electron chi connectivity index (χ1n) is 5.76. The molecule has 0 aliphatic carbocycles. The van der Waals surface area contributed by atoms with Gasteiger partial charge in [-0.2, -0.15) is 0 Å². The van der Waals surface area contributed by atoms with Gasteiger partial charge in [-0.1, -0.05) is 17.7 Å². The lowest BCUT2D eigenvalue weighted by Crippen LogP contribution is -2.40. The Labute approximate surface area is 111 Å². The summed E-state index contributed by atoms with van der Waals surface area (Å²) >= 11 is 0. The van der Waals surface area contributed by atoms with E-state index in [2.05, 4.69) is 5.32 Å². The van der Waals surface area contributed by atoms with Gasteiger partial charge in [-0.25, -0.2) is 4.79 Å². The van der Waals surface area contributed by atoms with Gasteiger partial charge in [0.25, 0.3) is 0 Å². The second-order valence-corrected chi connectivity index (χ2v) is 4.14. The molecule has 6 heteroatoms. The third-order valence-electron chi connectivity index (χ3n) is 2.54. The molecule has 0 fully saturated rings. The number of carboxylic acids is 1. The molecule has 0 aliphatic heterocycles. The zero-order valence-electron chi connectivity index (χ0n) is 10.8. The number of amides is 3. The van der Waals surface area contributed by atoms with Crippen molar-refractivity contribution in [2.75, 3.05) is 11.9 Å². The monoisotopic (exact) mass is 264 g/mol. The van der Waals surface area contributed by atoms with Crippen LogP contribution < -0.4 is 10.2 Å². The standard InChI is InChI=1S/C13H16N2O4/c1-9-3-5-10(6-4-9)15(2)13(19)14-11(16)7-8-12(17)18/h3-6H,7-8H2,1-2H3,(H,17,18)(H,14,16,19). The van der Waals surface area contributed by atoms with Crippen molar-refractivity contribution in [3.8, 4) is 0 Å². The van der Waals surface area contributed by atoms with Crippen molar-refractivity contribution in [3.63, 3.8) is 0 Å². The first-order valence-corrected chi connectivity index (χ1v) is 5.76. The molecule has 0 unspecified atom stereocenters. The van der Waals surface area contributed by atoms with Crippen LogP contribution in [0.25, 0.3) is 0 Å². The summed E-state index contributed by atoms with van der Waals surface area (Å²) in [6, 6.07) is 6.64. The van der Waals surface area contributed by atoms with E-state index in [0.717, 1.165) is 5.56 Å². The Morgan fingerprint density at radius 3 is 2.26 bits per heavy atom. The fourth-order valence-electron chi connectivity index (χ4n) is 1.37. The summed E-state index contributed by atoms with van der Waals surface area (Å²) in [6.45, 7) is 1.93. The van der Waals surface area contributed by atoms with Gasteiger partial charge < -0.3 is 5.11 Å². The van der Waals surface area contributed by atoms with Gasteiger partial charge in [0.15, 0.2) is 0 Å². The van der Waals surface area contributed by atoms with E-state index >= 15 is 0 Å². The molecule has 0 atom stereocenters. The van der Waals surface area contributed by atoms with E-state index in [1.807, 2.05) is 19.1 Å². The summed E-state index contributed by atoms with van der Waals surface area (Å²) in [4.78, 5) is 34.6. The molecule has 0 aliphatic rings. The first-order chi connectivity index (χ1) is 8.90. The zero-order valence-corrected chi connectivity index (χ0v) is 10.8. The second-order valence-electron chi connectivity index (χ2n) is 4.14. The number of hydrogen-bond acceptors (Lipinski definition) is 3. The van der Waals surface area contributed by atoms with Gasteiger partial charge in [-0.3, -0.25) is 19.8 Å². The molecule has 3 amide bonds. The first kappa shape index (κ1) is 14.7. The van der Waals surface area contributed by atoms with Crippen LogP contribution in [-0.2, 0) is 9.59 Å². The highest BCUT2D eigenvalue weighted by Crippen LogP contribution is 2.13. The minimum Gasteiger partial charge on any atom is -0.481 e. The van der Waals surface area contributed by atoms with E-state index in [9.17, 15) is 14.4 Å². The molecule has 0 radical (unpaired) electrons. The van der Waals surface area contributed by atoms with Crippen LogP contribution in [0.2, 0.25) is 0 Å². The predicted molar refractivity (Wildman–Crippen MR) is 70.0 cm³/mol. The number of nitrogens with zero attached hydrogens (tertiary/aromatic N) is 1. The number of aliphatic carboxylic acids is 1. The molecular formula is C13H16N2O4. The van der Waals surface area contributed by atoms with Crippen molar-refractivity contribution < 1.29 is 19.5 Å². The van der Waals surface area contributed by atoms with Crippen LogP contribution in [0.3, 0.4) is 0 Å². The lowest BCUT2D eigenvalue weighted by atomic mass is 10.2. The Kier molecular flexibility index (Phi) is 5.05. The van der Waals surface area contributed by atoms with Crippen molar-refractivity contribution in [2.45, 2.75) is 19.8 Å². The Morgan fingerprint density at radius 1 is 1.16 bits per heavy atom. The van der Waals surface area contributed by atoms with Crippen LogP contribution in [0.5, 0.6) is 0 Å². The van der Waals surface area contributed by atoms with E-state index in [-0.39, 0.29) is 12.8 Å². The molecule has 1 aromatic rings. The van der Waals surface area contributed by atoms with E-state index in [1.54, 1.807) is 12.1 Å². The van der Waals surface area contributed by atoms with E-state index in [1.165, 1.54) is 11.9 Å². The number of rotatable bonds is 4. The second kappa shape index (κ2) is 6.53. The fraction of sp³-hybridized carbons (Fsp3) is 0.308. The van der Waals surface area contributed by atoms with Crippen molar-refractivity contribution in [1.29, 1.82) is 0 Å². The summed E-state index contributed by atoms with van der Waals surface area (Å²) < 4.78 is 0. The quantitative estimate of drug-likeness (QED) is 0.863. The number of imide groups is 1. The lowest BCUT2D eigenvalue weighted by Gasteiger charge is -2.17. The number of benzene rings is 1. The molecule has 1 aromatic carbocycles. The maximum absolute atomic E-state index is 11.7. The Hall–Kier alpha value is -2.37. The largest absolute Gasteiger partial charge is 0.481 e. The maximum Gasteiger partial charge on any atom is 0.328 e. The molecule has 0 aromatic heterocycles. The average Bonchev–Trinajstić information content (AvgIpc) is 2.36. The summed E-state index contributed by atoms with van der Waals surface area (Å²) in [5.41, 5.74) is 1.71.